The minimum absolute atomic E-state index is 0.258. The molecule has 0 amide bonds. The molecule has 6 heteroatoms. The van der Waals surface area contributed by atoms with Crippen molar-refractivity contribution < 1.29 is 17.9 Å². The van der Waals surface area contributed by atoms with E-state index < -0.39 is 12.8 Å². The Kier molecular flexibility index (Phi) is 4.50. The maximum atomic E-state index is 12.1. The molecule has 0 aromatic carbocycles. The number of alkyl halides is 3. The number of nitrogens with two attached hydrogens (primary N) is 1. The second-order valence-corrected chi connectivity index (χ2v) is 5.51. The van der Waals surface area contributed by atoms with Gasteiger partial charge in [0.2, 0.25) is 0 Å². The van der Waals surface area contributed by atoms with E-state index in [1.54, 1.807) is 0 Å². The van der Waals surface area contributed by atoms with Crippen LogP contribution in [0.4, 0.5) is 13.2 Å². The Bertz CT molecular complexity index is 267. The minimum atomic E-state index is -4.22. The maximum Gasteiger partial charge on any atom is 0.411 e. The van der Waals surface area contributed by atoms with Gasteiger partial charge >= 0.3 is 6.18 Å². The van der Waals surface area contributed by atoms with Gasteiger partial charge in [-0.05, 0) is 38.5 Å². The number of hydrogen-bond acceptors (Lipinski definition) is 3. The van der Waals surface area contributed by atoms with Gasteiger partial charge in [-0.3, -0.25) is 0 Å². The molecule has 3 N–H and O–H groups in total. The van der Waals surface area contributed by atoms with E-state index in [1.165, 1.54) is 0 Å². The molecule has 0 spiro atoms. The highest BCUT2D eigenvalue weighted by atomic mass is 19.4. The van der Waals surface area contributed by atoms with Crippen molar-refractivity contribution in [3.05, 3.63) is 0 Å². The van der Waals surface area contributed by atoms with Gasteiger partial charge in [0, 0.05) is 18.1 Å². The predicted octanol–water partition coefficient (Wildman–Crippen LogP) is 1.96. The highest BCUT2D eigenvalue weighted by Crippen LogP contribution is 2.26. The number of ether oxygens (including phenoxy) is 1. The van der Waals surface area contributed by atoms with E-state index in [0.29, 0.717) is 18.5 Å². The summed E-state index contributed by atoms with van der Waals surface area (Å²) in [7, 11) is 0. The lowest BCUT2D eigenvalue weighted by Gasteiger charge is -2.39. The SMILES string of the molecule is NC1CC(NC2CCCC(OCC(F)(F)F)C2)C1. The number of nitrogens with one attached hydrogen (secondary N) is 1. The highest BCUT2D eigenvalue weighted by molar-refractivity contribution is 4.91. The van der Waals surface area contributed by atoms with Gasteiger partial charge in [0.05, 0.1) is 6.10 Å². The first kappa shape index (κ1) is 14.1. The molecule has 2 fully saturated rings. The smallest absolute Gasteiger partial charge is 0.369 e. The first-order valence-corrected chi connectivity index (χ1v) is 6.62. The molecule has 3 nitrogen and oxygen atoms in total. The van der Waals surface area contributed by atoms with Crippen LogP contribution in [0, 0.1) is 0 Å². The second-order valence-electron chi connectivity index (χ2n) is 5.51. The van der Waals surface area contributed by atoms with Crippen molar-refractivity contribution in [2.45, 2.75) is 68.9 Å². The third-order valence-corrected chi connectivity index (χ3v) is 3.75. The van der Waals surface area contributed by atoms with Crippen LogP contribution in [0.25, 0.3) is 0 Å². The first-order chi connectivity index (χ1) is 8.42. The molecule has 0 aromatic rings. The van der Waals surface area contributed by atoms with Crippen molar-refractivity contribution in [1.29, 1.82) is 0 Å². The van der Waals surface area contributed by atoms with Gasteiger partial charge in [-0.2, -0.15) is 13.2 Å². The van der Waals surface area contributed by atoms with Gasteiger partial charge in [-0.25, -0.2) is 0 Å². The average Bonchev–Trinajstić information content (AvgIpc) is 2.24. The Hall–Kier alpha value is -0.330. The zero-order chi connectivity index (χ0) is 13.2. The van der Waals surface area contributed by atoms with Crippen LogP contribution in [0.1, 0.15) is 38.5 Å². The van der Waals surface area contributed by atoms with Gasteiger partial charge < -0.3 is 15.8 Å². The molecule has 0 aliphatic heterocycles. The monoisotopic (exact) mass is 266 g/mol. The highest BCUT2D eigenvalue weighted by Gasteiger charge is 2.33. The van der Waals surface area contributed by atoms with E-state index >= 15 is 0 Å². The molecular weight excluding hydrogens is 245 g/mol. The van der Waals surface area contributed by atoms with Gasteiger partial charge in [0.25, 0.3) is 0 Å². The summed E-state index contributed by atoms with van der Waals surface area (Å²) in [5.74, 6) is 0. The summed E-state index contributed by atoms with van der Waals surface area (Å²) in [6, 6.07) is 1.03. The predicted molar refractivity (Wildman–Crippen MR) is 62.2 cm³/mol. The molecule has 18 heavy (non-hydrogen) atoms. The topological polar surface area (TPSA) is 47.3 Å². The van der Waals surface area contributed by atoms with E-state index in [-0.39, 0.29) is 12.1 Å². The molecule has 2 aliphatic carbocycles. The molecule has 0 saturated heterocycles. The third kappa shape index (κ3) is 4.40. The van der Waals surface area contributed by atoms with Crippen LogP contribution in [0.3, 0.4) is 0 Å². The molecule has 0 heterocycles. The average molecular weight is 266 g/mol. The van der Waals surface area contributed by atoms with Crippen molar-refractivity contribution in [1.82, 2.24) is 5.32 Å². The summed E-state index contributed by atoms with van der Waals surface area (Å²) in [5.41, 5.74) is 5.71. The molecule has 106 valence electrons. The molecule has 0 aromatic heterocycles. The summed E-state index contributed by atoms with van der Waals surface area (Å²) in [6.45, 7) is -1.13. The summed E-state index contributed by atoms with van der Waals surface area (Å²) in [5, 5.41) is 3.47. The lowest BCUT2D eigenvalue weighted by Crippen LogP contribution is -2.53. The van der Waals surface area contributed by atoms with Crippen LogP contribution in [-0.2, 0) is 4.74 Å². The largest absolute Gasteiger partial charge is 0.411 e. The number of halogens is 3. The Morgan fingerprint density at radius 3 is 2.44 bits per heavy atom. The molecule has 2 rings (SSSR count). The molecule has 2 aliphatic rings. The zero-order valence-corrected chi connectivity index (χ0v) is 10.4. The van der Waals surface area contributed by atoms with Crippen LogP contribution < -0.4 is 11.1 Å². The number of rotatable bonds is 4. The molecule has 2 atom stereocenters. The van der Waals surface area contributed by atoms with E-state index in [1.807, 2.05) is 0 Å². The fraction of sp³-hybridized carbons (Fsp3) is 1.00. The van der Waals surface area contributed by atoms with Gasteiger partial charge in [0.1, 0.15) is 6.61 Å². The normalized spacial score (nSPS) is 37.3. The Morgan fingerprint density at radius 2 is 1.83 bits per heavy atom. The zero-order valence-electron chi connectivity index (χ0n) is 10.4. The second kappa shape index (κ2) is 5.75. The van der Waals surface area contributed by atoms with E-state index in [0.717, 1.165) is 32.1 Å². The summed E-state index contributed by atoms with van der Waals surface area (Å²) < 4.78 is 41.2. The minimum Gasteiger partial charge on any atom is -0.369 e. The van der Waals surface area contributed by atoms with Crippen LogP contribution in [0.5, 0.6) is 0 Å². The number of hydrogen-bond donors (Lipinski definition) is 2. The molecule has 2 unspecified atom stereocenters. The van der Waals surface area contributed by atoms with Gasteiger partial charge in [0.15, 0.2) is 0 Å². The molecule has 0 bridgehead atoms. The Labute approximate surface area is 105 Å². The van der Waals surface area contributed by atoms with Crippen molar-refractivity contribution in [2.75, 3.05) is 6.61 Å². The van der Waals surface area contributed by atoms with E-state index in [2.05, 4.69) is 5.32 Å². The lowest BCUT2D eigenvalue weighted by atomic mass is 9.85. The first-order valence-electron chi connectivity index (χ1n) is 6.62. The Balaban J connectivity index is 1.68. The van der Waals surface area contributed by atoms with Crippen molar-refractivity contribution in [3.8, 4) is 0 Å². The van der Waals surface area contributed by atoms with Crippen LogP contribution >= 0.6 is 0 Å². The van der Waals surface area contributed by atoms with Crippen LogP contribution in [-0.4, -0.2) is 37.0 Å². The van der Waals surface area contributed by atoms with Crippen LogP contribution in [0.15, 0.2) is 0 Å². The lowest BCUT2D eigenvalue weighted by molar-refractivity contribution is -0.188. The summed E-state index contributed by atoms with van der Waals surface area (Å²) in [6.07, 6.45) is 0.847. The van der Waals surface area contributed by atoms with E-state index in [4.69, 9.17) is 10.5 Å². The summed E-state index contributed by atoms with van der Waals surface area (Å²) in [4.78, 5) is 0. The quantitative estimate of drug-likeness (QED) is 0.817. The fourth-order valence-electron chi connectivity index (χ4n) is 2.79. The van der Waals surface area contributed by atoms with Crippen molar-refractivity contribution in [2.24, 2.45) is 5.73 Å². The van der Waals surface area contributed by atoms with Gasteiger partial charge in [-0.1, -0.05) is 0 Å². The Morgan fingerprint density at radius 1 is 1.11 bits per heavy atom. The molecule has 2 saturated carbocycles. The molecule has 0 radical (unpaired) electrons. The standard InChI is InChI=1S/C12H21F3N2O/c13-12(14,15)7-18-11-3-1-2-9(6-11)17-10-4-8(16)5-10/h8-11,17H,1-7,16H2. The maximum absolute atomic E-state index is 12.1. The van der Waals surface area contributed by atoms with Crippen LogP contribution in [0.2, 0.25) is 0 Å². The third-order valence-electron chi connectivity index (χ3n) is 3.75. The molecular formula is C12H21F3N2O. The van der Waals surface area contributed by atoms with Crippen molar-refractivity contribution in [3.63, 3.8) is 0 Å². The fourth-order valence-corrected chi connectivity index (χ4v) is 2.79. The van der Waals surface area contributed by atoms with Crippen molar-refractivity contribution >= 4 is 0 Å². The van der Waals surface area contributed by atoms with Gasteiger partial charge in [-0.15, -0.1) is 0 Å². The van der Waals surface area contributed by atoms with E-state index in [9.17, 15) is 13.2 Å². The summed E-state index contributed by atoms with van der Waals surface area (Å²) >= 11 is 0.